The molecule has 10 nitrogen and oxygen atoms in total. The Morgan fingerprint density at radius 3 is 2.55 bits per heavy atom. The van der Waals surface area contributed by atoms with Crippen LogP contribution in [0.4, 0.5) is 0 Å². The first-order valence-electron chi connectivity index (χ1n) is 14.3. The van der Waals surface area contributed by atoms with Gasteiger partial charge in [-0.05, 0) is 63.9 Å². The number of aromatic amines is 1. The van der Waals surface area contributed by atoms with Gasteiger partial charge in [-0.2, -0.15) is 4.68 Å². The van der Waals surface area contributed by atoms with Crippen LogP contribution in [0.5, 0.6) is 11.5 Å². The van der Waals surface area contributed by atoms with Gasteiger partial charge in [0.1, 0.15) is 13.2 Å². The molecule has 1 fully saturated rings. The number of aromatic nitrogens is 6. The maximum atomic E-state index is 13.0. The lowest BCUT2D eigenvalue weighted by Gasteiger charge is -2.37. The van der Waals surface area contributed by atoms with Crippen molar-refractivity contribution < 1.29 is 9.47 Å². The van der Waals surface area contributed by atoms with Crippen LogP contribution < -0.4 is 15.2 Å². The molecule has 1 saturated heterocycles. The summed E-state index contributed by atoms with van der Waals surface area (Å²) in [6.45, 7) is 2.59. The fourth-order valence-corrected chi connectivity index (χ4v) is 6.54. The van der Waals surface area contributed by atoms with Crippen LogP contribution >= 0.6 is 0 Å². The smallest absolute Gasteiger partial charge is 0.326 e. The highest BCUT2D eigenvalue weighted by Gasteiger charge is 2.34. The first kappa shape index (κ1) is 24.8. The van der Waals surface area contributed by atoms with E-state index in [0.29, 0.717) is 19.0 Å². The van der Waals surface area contributed by atoms with Crippen molar-refractivity contribution in [1.29, 1.82) is 0 Å². The van der Waals surface area contributed by atoms with Crippen LogP contribution in [0.3, 0.4) is 0 Å². The van der Waals surface area contributed by atoms with Gasteiger partial charge in [-0.15, -0.1) is 5.10 Å². The van der Waals surface area contributed by atoms with E-state index in [-0.39, 0.29) is 17.8 Å². The number of hydrogen-bond donors (Lipinski definition) is 1. The number of likely N-dealkylation sites (tertiary alicyclic amines) is 1. The van der Waals surface area contributed by atoms with Crippen LogP contribution in [0.25, 0.3) is 27.5 Å². The number of para-hydroxylation sites is 2. The van der Waals surface area contributed by atoms with E-state index in [9.17, 15) is 4.79 Å². The van der Waals surface area contributed by atoms with Crippen LogP contribution in [0, 0.1) is 0 Å². The molecule has 1 unspecified atom stereocenters. The SMILES string of the molecule is O=c1[nH]c2ccccc2n1C1CCN(C(c2cccc3ccccc23)c2nnnn2-c2ccc3c(c2)OCCO3)CC1. The Labute approximate surface area is 241 Å². The lowest BCUT2D eigenvalue weighted by molar-refractivity contribution is 0.148. The third-order valence-corrected chi connectivity index (χ3v) is 8.48. The van der Waals surface area contributed by atoms with E-state index in [2.05, 4.69) is 67.9 Å². The predicted octanol–water partition coefficient (Wildman–Crippen LogP) is 4.66. The Kier molecular flexibility index (Phi) is 5.99. The van der Waals surface area contributed by atoms with Gasteiger partial charge in [0.2, 0.25) is 0 Å². The number of rotatable bonds is 5. The molecule has 4 aromatic carbocycles. The summed E-state index contributed by atoms with van der Waals surface area (Å²) in [6.07, 6.45) is 1.66. The molecule has 0 amide bonds. The Hall–Kier alpha value is -4.96. The van der Waals surface area contributed by atoms with Gasteiger partial charge < -0.3 is 14.5 Å². The molecule has 6 aromatic rings. The van der Waals surface area contributed by atoms with Crippen molar-refractivity contribution in [2.24, 2.45) is 0 Å². The van der Waals surface area contributed by atoms with Crippen molar-refractivity contribution >= 4 is 21.8 Å². The number of H-pyrrole nitrogens is 1. The van der Waals surface area contributed by atoms with Gasteiger partial charge >= 0.3 is 5.69 Å². The van der Waals surface area contributed by atoms with Crippen molar-refractivity contribution in [3.8, 4) is 17.2 Å². The Balaban J connectivity index is 1.19. The van der Waals surface area contributed by atoms with E-state index in [1.165, 1.54) is 5.39 Å². The maximum absolute atomic E-state index is 13.0. The number of hydrogen-bond acceptors (Lipinski definition) is 7. The highest BCUT2D eigenvalue weighted by molar-refractivity contribution is 5.86. The van der Waals surface area contributed by atoms with E-state index in [1.807, 2.05) is 47.0 Å². The number of piperidine rings is 1. The lowest BCUT2D eigenvalue weighted by Crippen LogP contribution is -2.40. The summed E-state index contributed by atoms with van der Waals surface area (Å²) in [5.74, 6) is 2.14. The standard InChI is InChI=1S/C32H29N7O3/c40-32-33-26-10-3-4-11-27(26)38(32)22-14-16-37(17-15-22)30(25-9-5-7-21-6-1-2-8-24(21)25)31-34-35-36-39(31)23-12-13-28-29(20-23)42-19-18-41-28/h1-13,20,22,30H,14-19H2,(H,33,40). The largest absolute Gasteiger partial charge is 0.486 e. The van der Waals surface area contributed by atoms with Gasteiger partial charge in [0.15, 0.2) is 17.3 Å². The van der Waals surface area contributed by atoms with Crippen LogP contribution in [0.1, 0.15) is 36.3 Å². The summed E-state index contributed by atoms with van der Waals surface area (Å²) in [6, 6.07) is 28.4. The zero-order valence-corrected chi connectivity index (χ0v) is 22.9. The molecule has 42 heavy (non-hydrogen) atoms. The molecule has 2 aromatic heterocycles. The number of benzene rings is 4. The van der Waals surface area contributed by atoms with Crippen molar-refractivity contribution in [3.05, 3.63) is 107 Å². The zero-order chi connectivity index (χ0) is 28.0. The van der Waals surface area contributed by atoms with Crippen LogP contribution in [-0.2, 0) is 0 Å². The normalized spacial score (nSPS) is 16.7. The van der Waals surface area contributed by atoms with Crippen molar-refractivity contribution in [2.45, 2.75) is 24.9 Å². The van der Waals surface area contributed by atoms with E-state index in [4.69, 9.17) is 9.47 Å². The second kappa shape index (κ2) is 10.1. The molecule has 1 atom stereocenters. The highest BCUT2D eigenvalue weighted by Crippen LogP contribution is 2.38. The van der Waals surface area contributed by atoms with Crippen LogP contribution in [0.2, 0.25) is 0 Å². The van der Waals surface area contributed by atoms with Crippen LogP contribution in [-0.4, -0.2) is 61.0 Å². The summed E-state index contributed by atoms with van der Waals surface area (Å²) in [5.41, 5.74) is 3.73. The number of ether oxygens (including phenoxy) is 2. The molecule has 0 bridgehead atoms. The van der Waals surface area contributed by atoms with Gasteiger partial charge in [0, 0.05) is 25.2 Å². The molecular formula is C32H29N7O3. The van der Waals surface area contributed by atoms with Gasteiger partial charge in [-0.1, -0.05) is 54.6 Å². The highest BCUT2D eigenvalue weighted by atomic mass is 16.6. The average Bonchev–Trinajstić information content (AvgIpc) is 3.65. The molecule has 10 heteroatoms. The van der Waals surface area contributed by atoms with Crippen molar-refractivity contribution in [1.82, 2.24) is 34.7 Å². The summed E-state index contributed by atoms with van der Waals surface area (Å²) >= 11 is 0. The lowest BCUT2D eigenvalue weighted by atomic mass is 9.94. The van der Waals surface area contributed by atoms with Gasteiger partial charge in [0.05, 0.1) is 22.8 Å². The Morgan fingerprint density at radius 2 is 1.64 bits per heavy atom. The molecule has 0 radical (unpaired) electrons. The summed E-state index contributed by atoms with van der Waals surface area (Å²) in [4.78, 5) is 18.4. The molecular weight excluding hydrogens is 530 g/mol. The molecule has 4 heterocycles. The van der Waals surface area contributed by atoms with Crippen LogP contribution in [0.15, 0.2) is 89.7 Å². The third-order valence-electron chi connectivity index (χ3n) is 8.48. The average molecular weight is 560 g/mol. The number of nitrogens with one attached hydrogen (secondary N) is 1. The van der Waals surface area contributed by atoms with Gasteiger partial charge in [-0.25, -0.2) is 4.79 Å². The maximum Gasteiger partial charge on any atom is 0.326 e. The van der Waals surface area contributed by atoms with E-state index < -0.39 is 0 Å². The minimum Gasteiger partial charge on any atom is -0.486 e. The van der Waals surface area contributed by atoms with Gasteiger partial charge in [0.25, 0.3) is 0 Å². The monoisotopic (exact) mass is 559 g/mol. The molecule has 210 valence electrons. The quantitative estimate of drug-likeness (QED) is 0.328. The predicted molar refractivity (Wildman–Crippen MR) is 158 cm³/mol. The molecule has 2 aliphatic heterocycles. The van der Waals surface area contributed by atoms with Crippen molar-refractivity contribution in [3.63, 3.8) is 0 Å². The number of nitrogens with zero attached hydrogens (tertiary/aromatic N) is 6. The molecule has 2 aliphatic rings. The first-order chi connectivity index (χ1) is 20.7. The minimum atomic E-state index is -0.208. The first-order valence-corrected chi connectivity index (χ1v) is 14.3. The second-order valence-electron chi connectivity index (χ2n) is 10.8. The summed E-state index contributed by atoms with van der Waals surface area (Å²) in [5, 5.41) is 15.5. The van der Waals surface area contributed by atoms with Gasteiger partial charge in [-0.3, -0.25) is 9.47 Å². The third kappa shape index (κ3) is 4.14. The fraction of sp³-hybridized carbons (Fsp3) is 0.250. The number of fused-ring (bicyclic) bond motifs is 3. The van der Waals surface area contributed by atoms with E-state index in [0.717, 1.165) is 65.2 Å². The molecule has 0 aliphatic carbocycles. The van der Waals surface area contributed by atoms with Crippen molar-refractivity contribution in [2.75, 3.05) is 26.3 Å². The molecule has 0 saturated carbocycles. The summed E-state index contributed by atoms with van der Waals surface area (Å²) < 4.78 is 15.3. The second-order valence-corrected chi connectivity index (χ2v) is 10.8. The van der Waals surface area contributed by atoms with E-state index >= 15 is 0 Å². The number of imidazole rings is 1. The fourth-order valence-electron chi connectivity index (χ4n) is 6.54. The molecule has 8 rings (SSSR count). The Bertz CT molecular complexity index is 1960. The number of tetrazole rings is 1. The van der Waals surface area contributed by atoms with E-state index in [1.54, 1.807) is 4.68 Å². The topological polar surface area (TPSA) is 103 Å². The minimum absolute atomic E-state index is 0.0530. The Morgan fingerprint density at radius 1 is 0.857 bits per heavy atom. The molecule has 0 spiro atoms. The summed E-state index contributed by atoms with van der Waals surface area (Å²) in [7, 11) is 0. The molecule has 1 N–H and O–H groups in total. The zero-order valence-electron chi connectivity index (χ0n) is 22.9.